The average Bonchev–Trinajstić information content (AvgIpc) is 3.00. The van der Waals surface area contributed by atoms with Crippen molar-refractivity contribution in [2.75, 3.05) is 20.2 Å². The van der Waals surface area contributed by atoms with Crippen LogP contribution < -0.4 is 4.74 Å². The average molecular weight is 414 g/mol. The SMILES string of the molecule is COc1c(C(C)n2nc(C)c3cncnc32)cc(Cl)c(C)c1C1CN(C(C)C)C1. The highest BCUT2D eigenvalue weighted by Crippen LogP contribution is 2.44. The fourth-order valence-corrected chi connectivity index (χ4v) is 4.56. The molecule has 2 aromatic heterocycles. The third kappa shape index (κ3) is 3.28. The van der Waals surface area contributed by atoms with E-state index in [0.29, 0.717) is 12.0 Å². The van der Waals surface area contributed by atoms with Crippen LogP contribution in [0.3, 0.4) is 0 Å². The van der Waals surface area contributed by atoms with Crippen molar-refractivity contribution in [3.05, 3.63) is 46.0 Å². The number of halogens is 1. The maximum Gasteiger partial charge on any atom is 0.161 e. The zero-order chi connectivity index (χ0) is 20.9. The highest BCUT2D eigenvalue weighted by Gasteiger charge is 2.35. The molecule has 154 valence electrons. The summed E-state index contributed by atoms with van der Waals surface area (Å²) in [7, 11) is 1.75. The second-order valence-electron chi connectivity index (χ2n) is 8.23. The van der Waals surface area contributed by atoms with Crippen molar-refractivity contribution in [1.29, 1.82) is 0 Å². The Balaban J connectivity index is 1.81. The molecule has 0 spiro atoms. The molecule has 1 aromatic carbocycles. The Bertz CT molecular complexity index is 1060. The molecule has 3 aromatic rings. The first-order chi connectivity index (χ1) is 13.8. The minimum atomic E-state index is -0.0748. The van der Waals surface area contributed by atoms with Gasteiger partial charge in [0.05, 0.1) is 24.2 Å². The van der Waals surface area contributed by atoms with Crippen molar-refractivity contribution < 1.29 is 4.74 Å². The zero-order valence-electron chi connectivity index (χ0n) is 17.9. The number of nitrogens with zero attached hydrogens (tertiary/aromatic N) is 5. The normalized spacial score (nSPS) is 16.4. The number of hydrogen-bond donors (Lipinski definition) is 0. The van der Waals surface area contributed by atoms with Gasteiger partial charge in [0.2, 0.25) is 0 Å². The maximum atomic E-state index is 6.70. The first-order valence-corrected chi connectivity index (χ1v) is 10.5. The second kappa shape index (κ2) is 7.58. The van der Waals surface area contributed by atoms with Crippen molar-refractivity contribution in [2.45, 2.75) is 52.6 Å². The Morgan fingerprint density at radius 2 is 1.93 bits per heavy atom. The van der Waals surface area contributed by atoms with Crippen LogP contribution in [0, 0.1) is 13.8 Å². The highest BCUT2D eigenvalue weighted by atomic mass is 35.5. The molecule has 3 heterocycles. The Labute approximate surface area is 176 Å². The van der Waals surface area contributed by atoms with Gasteiger partial charge in [-0.2, -0.15) is 5.10 Å². The Kier molecular flexibility index (Phi) is 5.25. The summed E-state index contributed by atoms with van der Waals surface area (Å²) >= 11 is 6.70. The molecule has 6 nitrogen and oxygen atoms in total. The molecule has 1 aliphatic rings. The molecule has 0 bridgehead atoms. The van der Waals surface area contributed by atoms with Crippen LogP contribution in [0.25, 0.3) is 11.0 Å². The van der Waals surface area contributed by atoms with Crippen LogP contribution in [0.15, 0.2) is 18.6 Å². The van der Waals surface area contributed by atoms with Gasteiger partial charge in [-0.1, -0.05) is 11.6 Å². The summed E-state index contributed by atoms with van der Waals surface area (Å²) in [4.78, 5) is 11.1. The molecular formula is C22H28ClN5O. The number of aryl methyl sites for hydroxylation is 1. The third-order valence-corrected chi connectivity index (χ3v) is 6.57. The molecule has 1 aliphatic heterocycles. The first-order valence-electron chi connectivity index (χ1n) is 10.1. The van der Waals surface area contributed by atoms with Gasteiger partial charge in [0.1, 0.15) is 12.1 Å². The van der Waals surface area contributed by atoms with Gasteiger partial charge in [0.25, 0.3) is 0 Å². The lowest BCUT2D eigenvalue weighted by Crippen LogP contribution is -2.48. The van der Waals surface area contributed by atoms with E-state index in [1.54, 1.807) is 13.4 Å². The Hall–Kier alpha value is -2.18. The van der Waals surface area contributed by atoms with Crippen LogP contribution in [0.1, 0.15) is 55.1 Å². The fourth-order valence-electron chi connectivity index (χ4n) is 4.34. The predicted molar refractivity (Wildman–Crippen MR) is 116 cm³/mol. The minimum absolute atomic E-state index is 0.0748. The van der Waals surface area contributed by atoms with Crippen molar-refractivity contribution in [2.24, 2.45) is 0 Å². The summed E-state index contributed by atoms with van der Waals surface area (Å²) in [5, 5.41) is 6.48. The van der Waals surface area contributed by atoms with Crippen LogP contribution in [-0.4, -0.2) is 50.9 Å². The van der Waals surface area contributed by atoms with Gasteiger partial charge in [-0.15, -0.1) is 0 Å². The van der Waals surface area contributed by atoms with Crippen molar-refractivity contribution >= 4 is 22.6 Å². The Morgan fingerprint density at radius 1 is 1.21 bits per heavy atom. The van der Waals surface area contributed by atoms with E-state index >= 15 is 0 Å². The standard InChI is InChI=1S/C22H28ClN5O/c1-12(2)27-9-16(10-27)20-13(3)19(23)7-17(21(20)29-6)15(5)28-22-18(14(4)26-28)8-24-11-25-22/h7-8,11-12,15-16H,9-10H2,1-6H3. The first kappa shape index (κ1) is 20.1. The zero-order valence-corrected chi connectivity index (χ0v) is 18.7. The van der Waals surface area contributed by atoms with Gasteiger partial charge in [-0.05, 0) is 46.2 Å². The van der Waals surface area contributed by atoms with Gasteiger partial charge in [0.15, 0.2) is 5.65 Å². The number of aromatic nitrogens is 4. The van der Waals surface area contributed by atoms with Crippen molar-refractivity contribution in [1.82, 2.24) is 24.6 Å². The topological polar surface area (TPSA) is 56.1 Å². The van der Waals surface area contributed by atoms with Gasteiger partial charge >= 0.3 is 0 Å². The molecule has 1 atom stereocenters. The van der Waals surface area contributed by atoms with E-state index in [0.717, 1.165) is 51.7 Å². The maximum absolute atomic E-state index is 6.70. The van der Waals surface area contributed by atoms with Gasteiger partial charge in [0, 0.05) is 47.4 Å². The van der Waals surface area contributed by atoms with E-state index < -0.39 is 0 Å². The summed E-state index contributed by atoms with van der Waals surface area (Å²) in [5.41, 5.74) is 5.10. The number of likely N-dealkylation sites (tertiary alicyclic amines) is 1. The molecule has 1 unspecified atom stereocenters. The number of fused-ring (bicyclic) bond motifs is 1. The molecule has 1 saturated heterocycles. The van der Waals surface area contributed by atoms with Gasteiger partial charge in [-0.3, -0.25) is 4.90 Å². The van der Waals surface area contributed by atoms with Crippen LogP contribution in [0.5, 0.6) is 5.75 Å². The van der Waals surface area contributed by atoms with E-state index in [2.05, 4.69) is 42.6 Å². The summed E-state index contributed by atoms with van der Waals surface area (Å²) in [6.45, 7) is 12.7. The largest absolute Gasteiger partial charge is 0.496 e. The van der Waals surface area contributed by atoms with E-state index in [1.807, 2.05) is 23.9 Å². The number of hydrogen-bond acceptors (Lipinski definition) is 5. The van der Waals surface area contributed by atoms with Crippen molar-refractivity contribution in [3.63, 3.8) is 0 Å². The van der Waals surface area contributed by atoms with Crippen LogP contribution in [0.2, 0.25) is 5.02 Å². The van der Waals surface area contributed by atoms with Crippen molar-refractivity contribution in [3.8, 4) is 5.75 Å². The molecule has 0 N–H and O–H groups in total. The quantitative estimate of drug-likeness (QED) is 0.615. The fraction of sp³-hybridized carbons (Fsp3) is 0.500. The van der Waals surface area contributed by atoms with E-state index in [9.17, 15) is 0 Å². The molecular weight excluding hydrogens is 386 g/mol. The summed E-state index contributed by atoms with van der Waals surface area (Å²) in [6.07, 6.45) is 3.37. The smallest absolute Gasteiger partial charge is 0.161 e. The van der Waals surface area contributed by atoms with Gasteiger partial charge < -0.3 is 4.74 Å². The third-order valence-electron chi connectivity index (χ3n) is 6.18. The molecule has 29 heavy (non-hydrogen) atoms. The molecule has 1 fully saturated rings. The number of rotatable bonds is 5. The number of ether oxygens (including phenoxy) is 1. The monoisotopic (exact) mass is 413 g/mol. The van der Waals surface area contributed by atoms with Crippen LogP contribution >= 0.6 is 11.6 Å². The molecule has 0 radical (unpaired) electrons. The molecule has 4 rings (SSSR count). The van der Waals surface area contributed by atoms with E-state index in [-0.39, 0.29) is 6.04 Å². The minimum Gasteiger partial charge on any atom is -0.496 e. The molecule has 7 heteroatoms. The van der Waals surface area contributed by atoms with E-state index in [1.165, 1.54) is 5.56 Å². The van der Waals surface area contributed by atoms with Crippen LogP contribution in [0.4, 0.5) is 0 Å². The summed E-state index contributed by atoms with van der Waals surface area (Å²) in [6, 6.07) is 2.50. The lowest BCUT2D eigenvalue weighted by Gasteiger charge is -2.43. The van der Waals surface area contributed by atoms with Crippen LogP contribution in [-0.2, 0) is 0 Å². The lowest BCUT2D eigenvalue weighted by molar-refractivity contribution is 0.108. The second-order valence-corrected chi connectivity index (χ2v) is 8.64. The Morgan fingerprint density at radius 3 is 2.59 bits per heavy atom. The molecule has 0 aliphatic carbocycles. The molecule has 0 amide bonds. The van der Waals surface area contributed by atoms with Gasteiger partial charge in [-0.25, -0.2) is 14.6 Å². The summed E-state index contributed by atoms with van der Waals surface area (Å²) < 4.78 is 7.92. The number of benzene rings is 1. The lowest BCUT2D eigenvalue weighted by atomic mass is 9.84. The predicted octanol–water partition coefficient (Wildman–Crippen LogP) is 4.52. The van der Waals surface area contributed by atoms with E-state index in [4.69, 9.17) is 21.4 Å². The molecule has 0 saturated carbocycles. The summed E-state index contributed by atoms with van der Waals surface area (Å²) in [5.74, 6) is 1.35. The highest BCUT2D eigenvalue weighted by molar-refractivity contribution is 6.31. The number of methoxy groups -OCH3 is 1.